The molecule has 0 bridgehead atoms. The second-order valence-electron chi connectivity index (χ2n) is 6.83. The average Bonchev–Trinajstić information content (AvgIpc) is 3.16. The van der Waals surface area contributed by atoms with Crippen LogP contribution in [0.3, 0.4) is 0 Å². The summed E-state index contributed by atoms with van der Waals surface area (Å²) in [5, 5.41) is 9.44. The van der Waals surface area contributed by atoms with E-state index in [2.05, 4.69) is 10.2 Å². The molecule has 0 amide bonds. The van der Waals surface area contributed by atoms with Crippen molar-refractivity contribution < 1.29 is 13.6 Å². The third kappa shape index (κ3) is 4.35. The van der Waals surface area contributed by atoms with Crippen LogP contribution in [0.15, 0.2) is 61.3 Å². The highest BCUT2D eigenvalue weighted by atomic mass is 32.2. The molecule has 2 heterocycles. The number of nitrogens with zero attached hydrogens (tertiary/aromatic N) is 2. The number of aryl methyl sites for hydroxylation is 3. The highest BCUT2D eigenvalue weighted by molar-refractivity contribution is 7.98. The Morgan fingerprint density at radius 2 is 1.90 bits per heavy atom. The van der Waals surface area contributed by atoms with Crippen LogP contribution in [0.5, 0.6) is 5.75 Å². The maximum absolute atomic E-state index is 12.0. The largest absolute Gasteiger partial charge is 0.484 e. The number of benzene rings is 2. The average molecular weight is 408 g/mol. The number of ether oxygens (including phenoxy) is 1. The summed E-state index contributed by atoms with van der Waals surface area (Å²) in [5.41, 5.74) is 4.32. The maximum atomic E-state index is 12.0. The molecular weight excluding hydrogens is 388 g/mol. The van der Waals surface area contributed by atoms with Gasteiger partial charge in [-0.05, 0) is 55.2 Å². The zero-order chi connectivity index (χ0) is 20.4. The van der Waals surface area contributed by atoms with Crippen molar-refractivity contribution in [3.63, 3.8) is 0 Å². The third-order valence-corrected chi connectivity index (χ3v) is 5.54. The van der Waals surface area contributed by atoms with Crippen LogP contribution in [-0.2, 0) is 12.4 Å². The molecule has 2 aromatic heterocycles. The van der Waals surface area contributed by atoms with Gasteiger partial charge in [-0.2, -0.15) is 0 Å². The predicted octanol–water partition coefficient (Wildman–Crippen LogP) is 4.97. The topological polar surface area (TPSA) is 78.4 Å². The summed E-state index contributed by atoms with van der Waals surface area (Å²) in [6.07, 6.45) is 0. The van der Waals surface area contributed by atoms with Gasteiger partial charge in [-0.25, -0.2) is 4.79 Å². The van der Waals surface area contributed by atoms with Crippen molar-refractivity contribution in [2.75, 3.05) is 0 Å². The Morgan fingerprint density at radius 3 is 2.72 bits per heavy atom. The zero-order valence-electron chi connectivity index (χ0n) is 16.4. The molecule has 0 atom stereocenters. The molecule has 0 unspecified atom stereocenters. The fourth-order valence-corrected chi connectivity index (χ4v) is 3.76. The van der Waals surface area contributed by atoms with Gasteiger partial charge in [-0.15, -0.1) is 10.2 Å². The van der Waals surface area contributed by atoms with Crippen LogP contribution in [0, 0.1) is 20.8 Å². The van der Waals surface area contributed by atoms with E-state index in [0.29, 0.717) is 22.4 Å². The lowest BCUT2D eigenvalue weighted by Crippen LogP contribution is -2.01. The van der Waals surface area contributed by atoms with Gasteiger partial charge in [0.2, 0.25) is 0 Å². The molecule has 0 aliphatic rings. The lowest BCUT2D eigenvalue weighted by Gasteiger charge is -2.08. The van der Waals surface area contributed by atoms with Crippen molar-refractivity contribution in [3.05, 3.63) is 81.0 Å². The molecule has 0 aliphatic heterocycles. The van der Waals surface area contributed by atoms with Gasteiger partial charge in [0.25, 0.3) is 11.1 Å². The quantitative estimate of drug-likeness (QED) is 0.329. The molecule has 4 rings (SSSR count). The first-order valence-corrected chi connectivity index (χ1v) is 10.2. The van der Waals surface area contributed by atoms with Gasteiger partial charge < -0.3 is 13.6 Å². The van der Waals surface area contributed by atoms with Crippen molar-refractivity contribution in [2.45, 2.75) is 38.4 Å². The highest BCUT2D eigenvalue weighted by Crippen LogP contribution is 2.28. The van der Waals surface area contributed by atoms with Crippen molar-refractivity contribution in [2.24, 2.45) is 0 Å². The summed E-state index contributed by atoms with van der Waals surface area (Å²) in [4.78, 5) is 12.0. The van der Waals surface area contributed by atoms with E-state index in [4.69, 9.17) is 13.6 Å². The monoisotopic (exact) mass is 408 g/mol. The Bertz CT molecular complexity index is 1230. The summed E-state index contributed by atoms with van der Waals surface area (Å²) < 4.78 is 16.8. The van der Waals surface area contributed by atoms with E-state index in [1.54, 1.807) is 0 Å². The molecule has 0 N–H and O–H groups in total. The summed E-state index contributed by atoms with van der Waals surface area (Å²) in [7, 11) is 0. The van der Waals surface area contributed by atoms with E-state index in [-0.39, 0.29) is 12.2 Å². The van der Waals surface area contributed by atoms with E-state index in [1.165, 1.54) is 17.8 Å². The van der Waals surface area contributed by atoms with Gasteiger partial charge in [0.15, 0.2) is 6.61 Å². The van der Waals surface area contributed by atoms with E-state index in [1.807, 2.05) is 57.2 Å². The summed E-state index contributed by atoms with van der Waals surface area (Å²) >= 11 is 1.38. The smallest absolute Gasteiger partial charge is 0.336 e. The fraction of sp³-hybridized carbons (Fsp3) is 0.227. The van der Waals surface area contributed by atoms with Crippen molar-refractivity contribution in [1.82, 2.24) is 10.2 Å². The van der Waals surface area contributed by atoms with Gasteiger partial charge in [-0.3, -0.25) is 0 Å². The van der Waals surface area contributed by atoms with Crippen LogP contribution in [0.4, 0.5) is 0 Å². The maximum Gasteiger partial charge on any atom is 0.336 e. The Balaban J connectivity index is 1.46. The van der Waals surface area contributed by atoms with Crippen LogP contribution < -0.4 is 10.4 Å². The molecule has 0 aliphatic carbocycles. The molecule has 2 aromatic carbocycles. The molecule has 7 heteroatoms. The van der Waals surface area contributed by atoms with Gasteiger partial charge >= 0.3 is 5.63 Å². The molecule has 0 saturated carbocycles. The van der Waals surface area contributed by atoms with Gasteiger partial charge in [0, 0.05) is 17.2 Å². The molecule has 0 spiro atoms. The molecule has 148 valence electrons. The van der Waals surface area contributed by atoms with E-state index in [9.17, 15) is 4.79 Å². The second kappa shape index (κ2) is 8.13. The molecule has 4 aromatic rings. The van der Waals surface area contributed by atoms with Gasteiger partial charge in [0.05, 0.1) is 0 Å². The lowest BCUT2D eigenvalue weighted by atomic mass is 10.0. The first kappa shape index (κ1) is 19.3. The van der Waals surface area contributed by atoms with Gasteiger partial charge in [-0.1, -0.05) is 36.0 Å². The second-order valence-corrected chi connectivity index (χ2v) is 7.76. The third-order valence-electron chi connectivity index (χ3n) is 4.67. The summed E-state index contributed by atoms with van der Waals surface area (Å²) in [6.45, 7) is 6.16. The number of hydrogen-bond donors (Lipinski definition) is 0. The molecule has 29 heavy (non-hydrogen) atoms. The van der Waals surface area contributed by atoms with Gasteiger partial charge in [0.1, 0.15) is 11.3 Å². The Morgan fingerprint density at radius 1 is 1.03 bits per heavy atom. The Hall–Kier alpha value is -3.06. The SMILES string of the molecule is Cc1cccc(OCc2nnc(SCc3cc(=O)oc4c(C)c(C)ccc34)o2)c1. The molecule has 0 radical (unpaired) electrons. The highest BCUT2D eigenvalue weighted by Gasteiger charge is 2.12. The number of hydrogen-bond acceptors (Lipinski definition) is 7. The Labute approximate surface area is 171 Å². The molecule has 0 saturated heterocycles. The molecule has 6 nitrogen and oxygen atoms in total. The van der Waals surface area contributed by atoms with Crippen LogP contribution in [0.25, 0.3) is 11.0 Å². The van der Waals surface area contributed by atoms with E-state index < -0.39 is 0 Å². The van der Waals surface area contributed by atoms with E-state index in [0.717, 1.165) is 33.4 Å². The van der Waals surface area contributed by atoms with E-state index >= 15 is 0 Å². The first-order valence-electron chi connectivity index (χ1n) is 9.17. The zero-order valence-corrected chi connectivity index (χ0v) is 17.2. The number of rotatable bonds is 6. The van der Waals surface area contributed by atoms with Crippen molar-refractivity contribution in [3.8, 4) is 5.75 Å². The van der Waals surface area contributed by atoms with Crippen LogP contribution in [-0.4, -0.2) is 10.2 Å². The number of thioether (sulfide) groups is 1. The minimum absolute atomic E-state index is 0.202. The molecular formula is C22H20N2O4S. The van der Waals surface area contributed by atoms with Crippen LogP contribution in [0.2, 0.25) is 0 Å². The lowest BCUT2D eigenvalue weighted by molar-refractivity contribution is 0.252. The fourth-order valence-electron chi connectivity index (χ4n) is 2.99. The first-order chi connectivity index (χ1) is 14.0. The minimum Gasteiger partial charge on any atom is -0.484 e. The Kier molecular flexibility index (Phi) is 5.40. The number of fused-ring (bicyclic) bond motifs is 1. The predicted molar refractivity (Wildman–Crippen MR) is 111 cm³/mol. The minimum atomic E-state index is -0.362. The van der Waals surface area contributed by atoms with Crippen molar-refractivity contribution in [1.29, 1.82) is 0 Å². The normalized spacial score (nSPS) is 11.1. The van der Waals surface area contributed by atoms with Crippen molar-refractivity contribution >= 4 is 22.7 Å². The summed E-state index contributed by atoms with van der Waals surface area (Å²) in [6, 6.07) is 13.3. The number of aromatic nitrogens is 2. The summed E-state index contributed by atoms with van der Waals surface area (Å²) in [5.74, 6) is 1.67. The molecule has 0 fully saturated rings. The van der Waals surface area contributed by atoms with Crippen LogP contribution >= 0.6 is 11.8 Å². The van der Waals surface area contributed by atoms with Crippen LogP contribution in [0.1, 0.15) is 28.1 Å². The standard InChI is InChI=1S/C22H20N2O4S/c1-13-5-4-6-17(9-13)26-11-19-23-24-22(27-19)29-12-16-10-20(25)28-21-15(3)14(2)7-8-18(16)21/h4-10H,11-12H2,1-3H3.